The largest absolute Gasteiger partial charge is 0.468 e. The van der Waals surface area contributed by atoms with Gasteiger partial charge in [0.15, 0.2) is 12.6 Å². The number of nitrogens with zero attached hydrogens (tertiary/aromatic N) is 2. The van der Waals surface area contributed by atoms with Crippen molar-refractivity contribution in [2.24, 2.45) is 4.99 Å². The van der Waals surface area contributed by atoms with Crippen LogP contribution >= 0.6 is 24.0 Å². The molecule has 2 N–H and O–H groups in total. The van der Waals surface area contributed by atoms with Crippen molar-refractivity contribution in [3.8, 4) is 5.88 Å². The molecule has 0 spiro atoms. The molecule has 172 valence electrons. The standard InChI is InChI=1S/C21H27F3N4O2.HI/c1-16(18-7-4-3-5-8-18)29-12-6-10-27-20(25-2)28-14-17-9-11-26-19(13-17)30-15-21(22,23)24;/h3-5,7-9,11,13,16H,6,10,12,14-15H2,1-2H3,(H2,25,27,28);1H. The van der Waals surface area contributed by atoms with Crippen molar-refractivity contribution in [1.82, 2.24) is 15.6 Å². The molecule has 10 heteroatoms. The Hall–Kier alpha value is -2.08. The third-order valence-electron chi connectivity index (χ3n) is 4.12. The van der Waals surface area contributed by atoms with Crippen LogP contribution in [-0.2, 0) is 11.3 Å². The summed E-state index contributed by atoms with van der Waals surface area (Å²) in [6.07, 6.45) is -2.17. The lowest BCUT2D eigenvalue weighted by atomic mass is 10.1. The van der Waals surface area contributed by atoms with E-state index >= 15 is 0 Å². The number of alkyl halides is 3. The van der Waals surface area contributed by atoms with Crippen molar-refractivity contribution in [1.29, 1.82) is 0 Å². The molecule has 2 aromatic rings. The summed E-state index contributed by atoms with van der Waals surface area (Å²) in [5.74, 6) is 0.514. The van der Waals surface area contributed by atoms with Crippen LogP contribution in [0.4, 0.5) is 13.2 Å². The number of ether oxygens (including phenoxy) is 2. The van der Waals surface area contributed by atoms with Gasteiger partial charge >= 0.3 is 6.18 Å². The molecule has 0 aliphatic carbocycles. The highest BCUT2D eigenvalue weighted by atomic mass is 127. The third kappa shape index (κ3) is 11.2. The van der Waals surface area contributed by atoms with E-state index in [0.29, 0.717) is 25.7 Å². The fraction of sp³-hybridized carbons (Fsp3) is 0.429. The third-order valence-corrected chi connectivity index (χ3v) is 4.12. The minimum Gasteiger partial charge on any atom is -0.468 e. The number of benzene rings is 1. The van der Waals surface area contributed by atoms with Crippen LogP contribution in [0.15, 0.2) is 53.7 Å². The van der Waals surface area contributed by atoms with E-state index in [9.17, 15) is 13.2 Å². The zero-order valence-electron chi connectivity index (χ0n) is 17.5. The second kappa shape index (κ2) is 14.1. The van der Waals surface area contributed by atoms with Gasteiger partial charge in [0.2, 0.25) is 5.88 Å². The van der Waals surface area contributed by atoms with Gasteiger partial charge in [-0.25, -0.2) is 4.98 Å². The average molecular weight is 552 g/mol. The van der Waals surface area contributed by atoms with Crippen LogP contribution in [0.5, 0.6) is 5.88 Å². The maximum atomic E-state index is 12.2. The fourth-order valence-corrected chi connectivity index (χ4v) is 2.56. The summed E-state index contributed by atoms with van der Waals surface area (Å²) in [5.41, 5.74) is 1.86. The smallest absolute Gasteiger partial charge is 0.422 e. The topological polar surface area (TPSA) is 67.8 Å². The Morgan fingerprint density at radius 2 is 1.90 bits per heavy atom. The van der Waals surface area contributed by atoms with Gasteiger partial charge in [0.25, 0.3) is 0 Å². The first-order chi connectivity index (χ1) is 14.4. The van der Waals surface area contributed by atoms with Crippen molar-refractivity contribution in [3.05, 3.63) is 59.8 Å². The highest BCUT2D eigenvalue weighted by Gasteiger charge is 2.28. The van der Waals surface area contributed by atoms with Gasteiger partial charge in [-0.3, -0.25) is 4.99 Å². The Morgan fingerprint density at radius 1 is 1.16 bits per heavy atom. The minimum atomic E-state index is -4.40. The van der Waals surface area contributed by atoms with Gasteiger partial charge in [-0.15, -0.1) is 24.0 Å². The minimum absolute atomic E-state index is 0. The first-order valence-corrected chi connectivity index (χ1v) is 9.63. The van der Waals surface area contributed by atoms with Gasteiger partial charge in [-0.05, 0) is 30.5 Å². The van der Waals surface area contributed by atoms with Crippen molar-refractivity contribution in [3.63, 3.8) is 0 Å². The summed E-state index contributed by atoms with van der Waals surface area (Å²) in [7, 11) is 1.65. The fourth-order valence-electron chi connectivity index (χ4n) is 2.56. The van der Waals surface area contributed by atoms with Crippen LogP contribution in [-0.4, -0.2) is 43.9 Å². The highest BCUT2D eigenvalue weighted by Crippen LogP contribution is 2.18. The number of hydrogen-bond acceptors (Lipinski definition) is 4. The van der Waals surface area contributed by atoms with E-state index in [-0.39, 0.29) is 36.0 Å². The van der Waals surface area contributed by atoms with Gasteiger partial charge in [-0.1, -0.05) is 30.3 Å². The molecule has 0 saturated heterocycles. The summed E-state index contributed by atoms with van der Waals surface area (Å²) in [4.78, 5) is 7.92. The normalized spacial score (nSPS) is 12.6. The first-order valence-electron chi connectivity index (χ1n) is 9.63. The molecular weight excluding hydrogens is 524 g/mol. The van der Waals surface area contributed by atoms with E-state index in [4.69, 9.17) is 4.74 Å². The summed E-state index contributed by atoms with van der Waals surface area (Å²) < 4.78 is 47.2. The second-order valence-electron chi connectivity index (χ2n) is 6.54. The van der Waals surface area contributed by atoms with Crippen molar-refractivity contribution in [2.45, 2.75) is 32.2 Å². The number of nitrogens with one attached hydrogen (secondary N) is 2. The number of aliphatic imine (C=N–C) groups is 1. The van der Waals surface area contributed by atoms with Gasteiger partial charge in [0.05, 0.1) is 6.10 Å². The van der Waals surface area contributed by atoms with Crippen molar-refractivity contribution in [2.75, 3.05) is 26.8 Å². The summed E-state index contributed by atoms with van der Waals surface area (Å²) in [6.45, 7) is 2.28. The molecule has 1 unspecified atom stereocenters. The molecule has 1 aromatic heterocycles. The predicted molar refractivity (Wildman–Crippen MR) is 125 cm³/mol. The summed E-state index contributed by atoms with van der Waals surface area (Å²) in [6, 6.07) is 13.2. The van der Waals surface area contributed by atoms with Gasteiger partial charge in [0, 0.05) is 39.0 Å². The number of rotatable bonds is 10. The number of pyridine rings is 1. The maximum Gasteiger partial charge on any atom is 0.422 e. The number of guanidine groups is 1. The number of aromatic nitrogens is 1. The molecule has 0 bridgehead atoms. The van der Waals surface area contributed by atoms with E-state index in [2.05, 4.69) is 25.3 Å². The maximum absolute atomic E-state index is 12.2. The van der Waals surface area contributed by atoms with Crippen LogP contribution < -0.4 is 15.4 Å². The molecule has 0 fully saturated rings. The SMILES string of the molecule is CN=C(NCCCOC(C)c1ccccc1)NCc1ccnc(OCC(F)(F)F)c1.I. The summed E-state index contributed by atoms with van der Waals surface area (Å²) >= 11 is 0. The highest BCUT2D eigenvalue weighted by molar-refractivity contribution is 14.0. The molecule has 6 nitrogen and oxygen atoms in total. The zero-order chi connectivity index (χ0) is 21.8. The molecule has 1 heterocycles. The Balaban J connectivity index is 0.00000480. The second-order valence-corrected chi connectivity index (χ2v) is 6.54. The Bertz CT molecular complexity index is 792. The lowest BCUT2D eigenvalue weighted by Gasteiger charge is -2.15. The Labute approximate surface area is 197 Å². The van der Waals surface area contributed by atoms with Crippen LogP contribution in [0.3, 0.4) is 0 Å². The van der Waals surface area contributed by atoms with E-state index in [1.165, 1.54) is 12.3 Å². The molecule has 1 aromatic carbocycles. The lowest BCUT2D eigenvalue weighted by molar-refractivity contribution is -0.154. The molecule has 0 radical (unpaired) electrons. The Morgan fingerprint density at radius 3 is 2.58 bits per heavy atom. The van der Waals surface area contributed by atoms with E-state index in [1.807, 2.05) is 37.3 Å². The molecule has 1 atom stereocenters. The van der Waals surface area contributed by atoms with E-state index in [0.717, 1.165) is 17.5 Å². The van der Waals surface area contributed by atoms with Crippen LogP contribution in [0.25, 0.3) is 0 Å². The quantitative estimate of drug-likeness (QED) is 0.197. The molecule has 0 aliphatic rings. The molecule has 31 heavy (non-hydrogen) atoms. The zero-order valence-corrected chi connectivity index (χ0v) is 19.8. The molecule has 0 amide bonds. The Kier molecular flexibility index (Phi) is 12.2. The van der Waals surface area contributed by atoms with E-state index in [1.54, 1.807) is 13.1 Å². The number of halogens is 4. The van der Waals surface area contributed by atoms with Gasteiger partial charge in [-0.2, -0.15) is 13.2 Å². The summed E-state index contributed by atoms with van der Waals surface area (Å²) in [5, 5.41) is 6.28. The number of hydrogen-bond donors (Lipinski definition) is 2. The van der Waals surface area contributed by atoms with Crippen molar-refractivity contribution >= 4 is 29.9 Å². The predicted octanol–water partition coefficient (Wildman–Crippen LogP) is 4.47. The monoisotopic (exact) mass is 552 g/mol. The first kappa shape index (κ1) is 27.0. The van der Waals surface area contributed by atoms with Gasteiger partial charge < -0.3 is 20.1 Å². The van der Waals surface area contributed by atoms with Crippen LogP contribution in [0.1, 0.15) is 30.6 Å². The van der Waals surface area contributed by atoms with E-state index < -0.39 is 12.8 Å². The average Bonchev–Trinajstić information content (AvgIpc) is 2.74. The van der Waals surface area contributed by atoms with Crippen molar-refractivity contribution < 1.29 is 22.6 Å². The van der Waals surface area contributed by atoms with Crippen LogP contribution in [0.2, 0.25) is 0 Å². The molecule has 0 saturated carbocycles. The lowest BCUT2D eigenvalue weighted by Crippen LogP contribution is -2.37. The molecule has 2 rings (SSSR count). The molecule has 0 aliphatic heterocycles. The van der Waals surface area contributed by atoms with Crippen LogP contribution in [0, 0.1) is 0 Å². The molecular formula is C21H28F3IN4O2. The van der Waals surface area contributed by atoms with Gasteiger partial charge in [0.1, 0.15) is 0 Å².